The van der Waals surface area contributed by atoms with E-state index in [0.29, 0.717) is 31.5 Å². The summed E-state index contributed by atoms with van der Waals surface area (Å²) < 4.78 is 27.6. The zero-order valence-electron chi connectivity index (χ0n) is 17.2. The van der Waals surface area contributed by atoms with Crippen LogP contribution in [-0.4, -0.2) is 52.9 Å². The molecule has 1 saturated heterocycles. The van der Waals surface area contributed by atoms with Gasteiger partial charge in [-0.1, -0.05) is 12.1 Å². The van der Waals surface area contributed by atoms with Gasteiger partial charge >= 0.3 is 0 Å². The molecule has 162 valence electrons. The van der Waals surface area contributed by atoms with E-state index in [2.05, 4.69) is 10.3 Å². The topological polar surface area (TPSA) is 101 Å². The summed E-state index contributed by atoms with van der Waals surface area (Å²) in [5.41, 5.74) is 2.09. The minimum absolute atomic E-state index is 0.0211. The Balaban J connectivity index is 1.37. The zero-order valence-corrected chi connectivity index (χ0v) is 18.0. The predicted molar refractivity (Wildman–Crippen MR) is 115 cm³/mol. The third-order valence-corrected chi connectivity index (χ3v) is 7.96. The Morgan fingerprint density at radius 2 is 1.81 bits per heavy atom. The van der Waals surface area contributed by atoms with Crippen molar-refractivity contribution in [1.29, 1.82) is 0 Å². The van der Waals surface area contributed by atoms with Crippen LogP contribution < -0.4 is 5.32 Å². The van der Waals surface area contributed by atoms with Crippen molar-refractivity contribution >= 4 is 27.3 Å². The number of benzene rings is 1. The molecule has 8 nitrogen and oxygen atoms in total. The van der Waals surface area contributed by atoms with E-state index in [1.165, 1.54) is 6.92 Å². The Morgan fingerprint density at radius 3 is 2.48 bits per heavy atom. The second-order valence-electron chi connectivity index (χ2n) is 7.69. The summed E-state index contributed by atoms with van der Waals surface area (Å²) in [5.74, 6) is -0.239. The average molecular weight is 441 g/mol. The van der Waals surface area contributed by atoms with Crippen LogP contribution >= 0.6 is 0 Å². The Hall–Kier alpha value is -3.20. The van der Waals surface area contributed by atoms with Gasteiger partial charge in [0.1, 0.15) is 5.65 Å². The minimum atomic E-state index is -3.45. The lowest BCUT2D eigenvalue weighted by atomic mass is 10.1. The highest BCUT2D eigenvalue weighted by atomic mass is 32.2. The van der Waals surface area contributed by atoms with Gasteiger partial charge in [-0.2, -0.15) is 0 Å². The molecule has 1 N–H and O–H groups in total. The van der Waals surface area contributed by atoms with Crippen LogP contribution in [0.15, 0.2) is 59.9 Å². The first-order valence-electron chi connectivity index (χ1n) is 10.1. The number of hydrogen-bond donors (Lipinski definition) is 1. The van der Waals surface area contributed by atoms with Gasteiger partial charge in [-0.25, -0.2) is 13.4 Å². The van der Waals surface area contributed by atoms with Crippen molar-refractivity contribution in [3.05, 3.63) is 66.1 Å². The molecule has 0 bridgehead atoms. The van der Waals surface area contributed by atoms with Crippen molar-refractivity contribution in [3.8, 4) is 0 Å². The summed E-state index contributed by atoms with van der Waals surface area (Å²) in [6, 6.07) is 10.1. The summed E-state index contributed by atoms with van der Waals surface area (Å²) in [7, 11) is -3.45. The Labute approximate surface area is 180 Å². The first-order valence-corrected chi connectivity index (χ1v) is 11.7. The van der Waals surface area contributed by atoms with E-state index < -0.39 is 15.1 Å². The largest absolute Gasteiger partial charge is 0.348 e. The maximum absolute atomic E-state index is 12.9. The molecule has 1 aliphatic rings. The number of carbonyl (C=O) groups excluding carboxylic acids is 2. The van der Waals surface area contributed by atoms with Gasteiger partial charge in [0.25, 0.3) is 5.91 Å². The number of likely N-dealkylation sites (tertiary alicyclic amines) is 1. The number of carbonyl (C=O) groups is 2. The third kappa shape index (κ3) is 4.46. The minimum Gasteiger partial charge on any atom is -0.348 e. The molecule has 1 aliphatic heterocycles. The monoisotopic (exact) mass is 440 g/mol. The summed E-state index contributed by atoms with van der Waals surface area (Å²) in [4.78, 5) is 30.0. The summed E-state index contributed by atoms with van der Waals surface area (Å²) >= 11 is 0. The highest BCUT2D eigenvalue weighted by Crippen LogP contribution is 2.25. The van der Waals surface area contributed by atoms with E-state index >= 15 is 0 Å². The lowest BCUT2D eigenvalue weighted by Crippen LogP contribution is -2.41. The normalized spacial score (nSPS) is 15.2. The number of rotatable bonds is 5. The fraction of sp³-hybridized carbons (Fsp3) is 0.318. The molecule has 0 saturated carbocycles. The van der Waals surface area contributed by atoms with Gasteiger partial charge in [0.15, 0.2) is 9.84 Å². The lowest BCUT2D eigenvalue weighted by Gasteiger charge is -2.31. The molecule has 0 radical (unpaired) electrons. The van der Waals surface area contributed by atoms with Crippen LogP contribution in [0.25, 0.3) is 5.65 Å². The van der Waals surface area contributed by atoms with Crippen molar-refractivity contribution in [2.75, 3.05) is 13.1 Å². The number of hydrogen-bond acceptors (Lipinski definition) is 5. The van der Waals surface area contributed by atoms with Gasteiger partial charge in [-0.3, -0.25) is 9.59 Å². The highest BCUT2D eigenvalue weighted by molar-refractivity contribution is 7.92. The van der Waals surface area contributed by atoms with Crippen LogP contribution in [0.5, 0.6) is 0 Å². The molecule has 0 atom stereocenters. The molecule has 3 aromatic rings. The number of sulfone groups is 1. The van der Waals surface area contributed by atoms with E-state index in [4.69, 9.17) is 0 Å². The highest BCUT2D eigenvalue weighted by Gasteiger charge is 2.31. The molecule has 1 fully saturated rings. The molecule has 9 heteroatoms. The molecule has 0 spiro atoms. The van der Waals surface area contributed by atoms with E-state index in [9.17, 15) is 18.0 Å². The number of nitrogens with zero attached hydrogens (tertiary/aromatic N) is 3. The Morgan fingerprint density at radius 1 is 1.10 bits per heavy atom. The van der Waals surface area contributed by atoms with Crippen molar-refractivity contribution in [1.82, 2.24) is 19.6 Å². The number of aromatic nitrogens is 2. The maximum atomic E-state index is 12.9. The second-order valence-corrected chi connectivity index (χ2v) is 9.92. The fourth-order valence-corrected chi connectivity index (χ4v) is 5.54. The fourth-order valence-electron chi connectivity index (χ4n) is 3.81. The van der Waals surface area contributed by atoms with Gasteiger partial charge < -0.3 is 14.6 Å². The quantitative estimate of drug-likeness (QED) is 0.654. The Kier molecular flexibility index (Phi) is 5.77. The smallest absolute Gasteiger partial charge is 0.253 e. The summed E-state index contributed by atoms with van der Waals surface area (Å²) in [6.45, 7) is 2.73. The van der Waals surface area contributed by atoms with Crippen LogP contribution in [-0.2, 0) is 21.2 Å². The predicted octanol–water partition coefficient (Wildman–Crippen LogP) is 2.05. The molecule has 3 heterocycles. The third-order valence-electron chi connectivity index (χ3n) is 5.68. The van der Waals surface area contributed by atoms with Gasteiger partial charge in [0.2, 0.25) is 5.91 Å². The molecule has 2 amide bonds. The number of imidazole rings is 1. The van der Waals surface area contributed by atoms with Gasteiger partial charge in [-0.05, 0) is 42.7 Å². The van der Waals surface area contributed by atoms with E-state index in [1.807, 2.05) is 0 Å². The molecule has 0 unspecified atom stereocenters. The van der Waals surface area contributed by atoms with Gasteiger partial charge in [0.05, 0.1) is 15.7 Å². The van der Waals surface area contributed by atoms with Crippen molar-refractivity contribution in [2.45, 2.75) is 36.5 Å². The average Bonchev–Trinajstić information content (AvgIpc) is 3.25. The lowest BCUT2D eigenvalue weighted by molar-refractivity contribution is -0.129. The first-order chi connectivity index (χ1) is 14.8. The van der Waals surface area contributed by atoms with Gasteiger partial charge in [0, 0.05) is 45.1 Å². The number of fused-ring (bicyclic) bond motifs is 1. The maximum Gasteiger partial charge on any atom is 0.253 e. The molecule has 2 aromatic heterocycles. The van der Waals surface area contributed by atoms with Crippen LogP contribution in [0.4, 0.5) is 0 Å². The van der Waals surface area contributed by atoms with Crippen LogP contribution in [0.3, 0.4) is 0 Å². The van der Waals surface area contributed by atoms with E-state index in [-0.39, 0.29) is 23.3 Å². The van der Waals surface area contributed by atoms with E-state index in [0.717, 1.165) is 11.2 Å². The second kappa shape index (κ2) is 8.50. The number of piperidine rings is 1. The standard InChI is InChI=1S/C22H24N4O4S/c1-16(27)25-11-8-20(9-12-25)31(29,30)19-5-2-17(3-6-19)14-24-22(28)18-4-7-21-23-10-13-26(21)15-18/h2-7,10,13,15,20H,8-9,11-12,14H2,1H3,(H,24,28). The van der Waals surface area contributed by atoms with Crippen LogP contribution in [0.1, 0.15) is 35.7 Å². The first kappa shape index (κ1) is 21.0. The Bertz CT molecular complexity index is 1210. The molecule has 0 aliphatic carbocycles. The number of amides is 2. The molecular weight excluding hydrogens is 416 g/mol. The van der Waals surface area contributed by atoms with Crippen molar-refractivity contribution in [2.24, 2.45) is 0 Å². The summed E-state index contributed by atoms with van der Waals surface area (Å²) in [5, 5.41) is 2.37. The van der Waals surface area contributed by atoms with Crippen molar-refractivity contribution < 1.29 is 18.0 Å². The SMILES string of the molecule is CC(=O)N1CCC(S(=O)(=O)c2ccc(CNC(=O)c3ccc4nccn4c3)cc2)CC1. The molecule has 31 heavy (non-hydrogen) atoms. The van der Waals surface area contributed by atoms with Crippen LogP contribution in [0.2, 0.25) is 0 Å². The molecule has 4 rings (SSSR count). The molecule has 1 aromatic carbocycles. The number of pyridine rings is 1. The summed E-state index contributed by atoms with van der Waals surface area (Å²) in [6.07, 6.45) is 6.04. The van der Waals surface area contributed by atoms with Crippen LogP contribution in [0, 0.1) is 0 Å². The van der Waals surface area contributed by atoms with Crippen molar-refractivity contribution in [3.63, 3.8) is 0 Å². The zero-order chi connectivity index (χ0) is 22.0. The number of nitrogens with one attached hydrogen (secondary N) is 1. The van der Waals surface area contributed by atoms with E-state index in [1.54, 1.807) is 64.3 Å². The van der Waals surface area contributed by atoms with Gasteiger partial charge in [-0.15, -0.1) is 0 Å². The molecular formula is C22H24N4O4S.